The first kappa shape index (κ1) is 17.3. The maximum absolute atomic E-state index is 12.8. The summed E-state index contributed by atoms with van der Waals surface area (Å²) in [5.41, 5.74) is 5.46. The van der Waals surface area contributed by atoms with Crippen molar-refractivity contribution in [2.24, 2.45) is 4.99 Å². The second-order valence-electron chi connectivity index (χ2n) is 5.66. The number of nitrogens with zero attached hydrogens (tertiary/aromatic N) is 2. The van der Waals surface area contributed by atoms with E-state index in [9.17, 15) is 4.79 Å². The predicted octanol–water partition coefficient (Wildman–Crippen LogP) is 4.79. The van der Waals surface area contributed by atoms with Gasteiger partial charge in [-0.25, -0.2) is 4.99 Å². The Morgan fingerprint density at radius 3 is 2.44 bits per heavy atom. The lowest BCUT2D eigenvalue weighted by atomic mass is 10.2. The van der Waals surface area contributed by atoms with E-state index in [-0.39, 0.29) is 5.91 Å². The van der Waals surface area contributed by atoms with E-state index < -0.39 is 0 Å². The number of anilines is 1. The molecular weight excluding hydrogens is 330 g/mol. The lowest BCUT2D eigenvalue weighted by Crippen LogP contribution is -2.36. The topological polar surface area (TPSA) is 44.7 Å². The lowest BCUT2D eigenvalue weighted by Gasteiger charge is -2.19. The van der Waals surface area contributed by atoms with Crippen molar-refractivity contribution in [3.8, 4) is 0 Å². The SMILES string of the molecule is CCCCSC1=N/C(=C\c2ccccc2)C(=O)N1Nc1ccccc1. The van der Waals surface area contributed by atoms with Crippen LogP contribution in [0.5, 0.6) is 0 Å². The van der Waals surface area contributed by atoms with Crippen LogP contribution in [0.25, 0.3) is 6.08 Å². The molecule has 1 aliphatic heterocycles. The van der Waals surface area contributed by atoms with Gasteiger partial charge in [0.2, 0.25) is 0 Å². The summed E-state index contributed by atoms with van der Waals surface area (Å²) in [4.78, 5) is 17.4. The van der Waals surface area contributed by atoms with Gasteiger partial charge in [0, 0.05) is 5.75 Å². The Morgan fingerprint density at radius 2 is 1.76 bits per heavy atom. The Kier molecular flexibility index (Phi) is 5.90. The first-order valence-electron chi connectivity index (χ1n) is 8.42. The third-order valence-electron chi connectivity index (χ3n) is 3.68. The van der Waals surface area contributed by atoms with Gasteiger partial charge in [0.15, 0.2) is 5.17 Å². The molecule has 2 aromatic rings. The van der Waals surface area contributed by atoms with Gasteiger partial charge in [-0.15, -0.1) is 0 Å². The van der Waals surface area contributed by atoms with Crippen LogP contribution < -0.4 is 5.43 Å². The van der Waals surface area contributed by atoms with Gasteiger partial charge >= 0.3 is 0 Å². The number of hydrogen-bond donors (Lipinski definition) is 1. The number of nitrogens with one attached hydrogen (secondary N) is 1. The van der Waals surface area contributed by atoms with Crippen molar-refractivity contribution < 1.29 is 4.79 Å². The minimum atomic E-state index is -0.133. The molecule has 0 saturated carbocycles. The molecule has 4 nitrogen and oxygen atoms in total. The van der Waals surface area contributed by atoms with Crippen LogP contribution in [-0.2, 0) is 4.79 Å². The van der Waals surface area contributed by atoms with Gasteiger partial charge in [-0.1, -0.05) is 73.6 Å². The molecule has 0 bridgehead atoms. The number of unbranched alkanes of at least 4 members (excludes halogenated alkanes) is 1. The number of amidine groups is 1. The molecule has 0 atom stereocenters. The highest BCUT2D eigenvalue weighted by atomic mass is 32.2. The van der Waals surface area contributed by atoms with Crippen molar-refractivity contribution in [2.45, 2.75) is 19.8 Å². The van der Waals surface area contributed by atoms with Gasteiger partial charge in [-0.3, -0.25) is 10.2 Å². The van der Waals surface area contributed by atoms with E-state index in [0.717, 1.165) is 29.8 Å². The molecule has 1 amide bonds. The van der Waals surface area contributed by atoms with Crippen molar-refractivity contribution in [1.29, 1.82) is 0 Å². The van der Waals surface area contributed by atoms with Crippen molar-refractivity contribution in [3.05, 3.63) is 71.9 Å². The first-order valence-corrected chi connectivity index (χ1v) is 9.41. The number of para-hydroxylation sites is 1. The first-order chi connectivity index (χ1) is 12.3. The van der Waals surface area contributed by atoms with Crippen LogP contribution in [0.15, 0.2) is 71.4 Å². The summed E-state index contributed by atoms with van der Waals surface area (Å²) < 4.78 is 0. The molecule has 0 unspecified atom stereocenters. The summed E-state index contributed by atoms with van der Waals surface area (Å²) in [7, 11) is 0. The predicted molar refractivity (Wildman–Crippen MR) is 106 cm³/mol. The molecule has 0 fully saturated rings. The minimum absolute atomic E-state index is 0.133. The summed E-state index contributed by atoms with van der Waals surface area (Å²) in [6.07, 6.45) is 4.04. The van der Waals surface area contributed by atoms with E-state index in [1.165, 1.54) is 0 Å². The third kappa shape index (κ3) is 4.51. The van der Waals surface area contributed by atoms with Gasteiger partial charge in [0.25, 0.3) is 5.91 Å². The van der Waals surface area contributed by atoms with Crippen LogP contribution in [0, 0.1) is 0 Å². The van der Waals surface area contributed by atoms with Crippen LogP contribution in [0.2, 0.25) is 0 Å². The second-order valence-corrected chi connectivity index (χ2v) is 6.72. The van der Waals surface area contributed by atoms with E-state index in [1.807, 2.05) is 66.7 Å². The number of carbonyl (C=O) groups excluding carboxylic acids is 1. The zero-order valence-corrected chi connectivity index (χ0v) is 15.0. The fourth-order valence-corrected chi connectivity index (χ4v) is 3.38. The van der Waals surface area contributed by atoms with Gasteiger partial charge in [0.05, 0.1) is 5.69 Å². The highest BCUT2D eigenvalue weighted by Gasteiger charge is 2.30. The highest BCUT2D eigenvalue weighted by molar-refractivity contribution is 8.13. The fourth-order valence-electron chi connectivity index (χ4n) is 2.35. The highest BCUT2D eigenvalue weighted by Crippen LogP contribution is 2.25. The molecule has 5 heteroatoms. The third-order valence-corrected chi connectivity index (χ3v) is 4.70. The molecular formula is C20H21N3OS. The number of carbonyl (C=O) groups is 1. The number of amides is 1. The second kappa shape index (κ2) is 8.53. The Balaban J connectivity index is 1.83. The zero-order chi connectivity index (χ0) is 17.5. The van der Waals surface area contributed by atoms with Crippen LogP contribution in [0.3, 0.4) is 0 Å². The fraction of sp³-hybridized carbons (Fsp3) is 0.200. The molecule has 2 aromatic carbocycles. The summed E-state index contributed by atoms with van der Waals surface area (Å²) >= 11 is 1.61. The smallest absolute Gasteiger partial charge is 0.289 e. The van der Waals surface area contributed by atoms with Crippen LogP contribution in [0.4, 0.5) is 5.69 Å². The maximum atomic E-state index is 12.8. The number of thioether (sulfide) groups is 1. The number of benzene rings is 2. The number of hydrogen-bond acceptors (Lipinski definition) is 4. The largest absolute Gasteiger partial charge is 0.297 e. The van der Waals surface area contributed by atoms with Gasteiger partial charge < -0.3 is 0 Å². The molecule has 1 N–H and O–H groups in total. The van der Waals surface area contributed by atoms with Crippen molar-refractivity contribution in [1.82, 2.24) is 5.01 Å². The van der Waals surface area contributed by atoms with Crippen LogP contribution >= 0.6 is 11.8 Å². The Bertz CT molecular complexity index is 772. The number of aliphatic imine (C=N–C) groups is 1. The van der Waals surface area contributed by atoms with Gasteiger partial charge in [-0.05, 0) is 30.2 Å². The van der Waals surface area contributed by atoms with E-state index in [0.29, 0.717) is 10.9 Å². The van der Waals surface area contributed by atoms with Crippen molar-refractivity contribution >= 4 is 34.6 Å². The van der Waals surface area contributed by atoms with Crippen LogP contribution in [0.1, 0.15) is 25.3 Å². The summed E-state index contributed by atoms with van der Waals surface area (Å²) in [5.74, 6) is 0.806. The Morgan fingerprint density at radius 1 is 1.08 bits per heavy atom. The van der Waals surface area contributed by atoms with Crippen molar-refractivity contribution in [3.63, 3.8) is 0 Å². The molecule has 128 valence electrons. The van der Waals surface area contributed by atoms with E-state index >= 15 is 0 Å². The van der Waals surface area contributed by atoms with Crippen molar-refractivity contribution in [2.75, 3.05) is 11.2 Å². The standard InChI is InChI=1S/C20H21N3OS/c1-2-3-14-25-20-21-18(15-16-10-6-4-7-11-16)19(24)23(20)22-17-12-8-5-9-13-17/h4-13,15,22H,2-3,14H2,1H3/b18-15-. The summed E-state index contributed by atoms with van der Waals surface area (Å²) in [6.45, 7) is 2.16. The quantitative estimate of drug-likeness (QED) is 0.601. The van der Waals surface area contributed by atoms with Gasteiger partial charge in [-0.2, -0.15) is 5.01 Å². The normalized spacial score (nSPS) is 15.6. The molecule has 25 heavy (non-hydrogen) atoms. The maximum Gasteiger partial charge on any atom is 0.297 e. The molecule has 0 saturated heterocycles. The van der Waals surface area contributed by atoms with E-state index in [2.05, 4.69) is 17.3 Å². The van der Waals surface area contributed by atoms with Crippen LogP contribution in [-0.4, -0.2) is 21.8 Å². The molecule has 0 aliphatic carbocycles. The summed E-state index contributed by atoms with van der Waals surface area (Å²) in [6, 6.07) is 19.5. The molecule has 0 spiro atoms. The summed E-state index contributed by atoms with van der Waals surface area (Å²) in [5, 5.41) is 2.24. The minimum Gasteiger partial charge on any atom is -0.289 e. The van der Waals surface area contributed by atoms with E-state index in [1.54, 1.807) is 16.8 Å². The zero-order valence-electron chi connectivity index (χ0n) is 14.2. The van der Waals surface area contributed by atoms with E-state index in [4.69, 9.17) is 0 Å². The molecule has 0 radical (unpaired) electrons. The average Bonchev–Trinajstić information content (AvgIpc) is 2.93. The average molecular weight is 351 g/mol. The number of rotatable bonds is 6. The molecule has 1 heterocycles. The lowest BCUT2D eigenvalue weighted by molar-refractivity contribution is -0.121. The molecule has 3 rings (SSSR count). The van der Waals surface area contributed by atoms with Gasteiger partial charge in [0.1, 0.15) is 5.70 Å². The molecule has 1 aliphatic rings. The monoisotopic (exact) mass is 351 g/mol. The Hall–Kier alpha value is -2.53. The molecule has 0 aromatic heterocycles. The number of hydrazine groups is 1. The Labute approximate surface area is 152 Å².